The molecule has 3 aromatic carbocycles. The monoisotopic (exact) mass is 334 g/mol. The molecule has 4 heteroatoms. The van der Waals surface area contributed by atoms with Crippen molar-refractivity contribution >= 4 is 28.8 Å². The fourth-order valence-electron chi connectivity index (χ4n) is 2.48. The molecule has 0 saturated carbocycles. The predicted octanol–water partition coefficient (Wildman–Crippen LogP) is 4.57. The van der Waals surface area contributed by atoms with Crippen molar-refractivity contribution in [3.8, 4) is 0 Å². The van der Waals surface area contributed by atoms with Gasteiger partial charge in [0.1, 0.15) is 0 Å². The van der Waals surface area contributed by atoms with Crippen molar-refractivity contribution in [2.75, 3.05) is 5.73 Å². The molecule has 0 aliphatic carbocycles. The molecule has 0 bridgehead atoms. The quantitative estimate of drug-likeness (QED) is 0.417. The first-order valence-corrected chi connectivity index (χ1v) is 7.79. The van der Waals surface area contributed by atoms with Gasteiger partial charge in [-0.3, -0.25) is 10.2 Å². The molecule has 0 aliphatic heterocycles. The van der Waals surface area contributed by atoms with E-state index < -0.39 is 0 Å². The number of nitrogens with one attached hydrogen (secondary N) is 1. The van der Waals surface area contributed by atoms with E-state index in [1.807, 2.05) is 24.3 Å². The van der Waals surface area contributed by atoms with Crippen molar-refractivity contribution in [1.82, 2.24) is 0 Å². The summed E-state index contributed by atoms with van der Waals surface area (Å²) in [6, 6.07) is 21.1. The van der Waals surface area contributed by atoms with E-state index in [0.29, 0.717) is 33.0 Å². The lowest BCUT2D eigenvalue weighted by Crippen LogP contribution is -2.09. The zero-order valence-electron chi connectivity index (χ0n) is 12.8. The van der Waals surface area contributed by atoms with Gasteiger partial charge in [-0.2, -0.15) is 0 Å². The highest BCUT2D eigenvalue weighted by Gasteiger charge is 2.15. The molecular weight excluding hydrogens is 320 g/mol. The number of anilines is 1. The fraction of sp³-hybridized carbons (Fsp3) is 0. The fourth-order valence-corrected chi connectivity index (χ4v) is 2.71. The molecule has 0 aliphatic rings. The molecule has 0 fully saturated rings. The highest BCUT2D eigenvalue weighted by molar-refractivity contribution is 6.35. The van der Waals surface area contributed by atoms with Crippen LogP contribution < -0.4 is 5.73 Å². The number of hydrogen-bond donors (Lipinski definition) is 2. The Hall–Kier alpha value is -2.91. The summed E-state index contributed by atoms with van der Waals surface area (Å²) in [6.45, 7) is 0. The molecule has 3 aromatic rings. The summed E-state index contributed by atoms with van der Waals surface area (Å²) in [6.07, 6.45) is 0. The number of ketones is 1. The molecule has 0 atom stereocenters. The van der Waals surface area contributed by atoms with Gasteiger partial charge in [0.25, 0.3) is 0 Å². The van der Waals surface area contributed by atoms with Gasteiger partial charge in [0.2, 0.25) is 0 Å². The van der Waals surface area contributed by atoms with Gasteiger partial charge >= 0.3 is 0 Å². The zero-order valence-corrected chi connectivity index (χ0v) is 13.5. The molecule has 0 heterocycles. The van der Waals surface area contributed by atoms with Crippen LogP contribution in [0, 0.1) is 5.41 Å². The van der Waals surface area contributed by atoms with Gasteiger partial charge < -0.3 is 5.73 Å². The SMILES string of the molecule is N=C(c1cc(C(=O)c2ccccc2)ccc1N)c1ccccc1Cl. The van der Waals surface area contributed by atoms with Gasteiger partial charge in [-0.25, -0.2) is 0 Å². The van der Waals surface area contributed by atoms with Gasteiger partial charge in [-0.05, 0) is 24.3 Å². The minimum Gasteiger partial charge on any atom is -0.398 e. The van der Waals surface area contributed by atoms with E-state index in [9.17, 15) is 4.79 Å². The Bertz CT molecular complexity index is 920. The maximum absolute atomic E-state index is 12.6. The van der Waals surface area contributed by atoms with E-state index in [1.54, 1.807) is 48.5 Å². The van der Waals surface area contributed by atoms with E-state index in [1.165, 1.54) is 0 Å². The third-order valence-corrected chi connectivity index (χ3v) is 4.09. The summed E-state index contributed by atoms with van der Waals surface area (Å²) in [5, 5.41) is 8.89. The van der Waals surface area contributed by atoms with Gasteiger partial charge in [-0.15, -0.1) is 0 Å². The normalized spacial score (nSPS) is 10.4. The number of carbonyl (C=O) groups is 1. The molecule has 3 N–H and O–H groups in total. The third kappa shape index (κ3) is 3.07. The Balaban J connectivity index is 2.03. The van der Waals surface area contributed by atoms with Crippen LogP contribution in [0.25, 0.3) is 0 Å². The average Bonchev–Trinajstić information content (AvgIpc) is 2.62. The number of nitrogen functional groups attached to an aromatic ring is 1. The molecule has 3 nitrogen and oxygen atoms in total. The Morgan fingerprint density at radius 1 is 0.833 bits per heavy atom. The maximum Gasteiger partial charge on any atom is 0.193 e. The lowest BCUT2D eigenvalue weighted by Gasteiger charge is -2.11. The summed E-state index contributed by atoms with van der Waals surface area (Å²) in [5.74, 6) is -0.108. The lowest BCUT2D eigenvalue weighted by molar-refractivity contribution is 0.103. The van der Waals surface area contributed by atoms with E-state index >= 15 is 0 Å². The second kappa shape index (κ2) is 6.69. The molecule has 0 radical (unpaired) electrons. The van der Waals surface area contributed by atoms with Crippen molar-refractivity contribution in [3.63, 3.8) is 0 Å². The first-order valence-electron chi connectivity index (χ1n) is 7.41. The molecular formula is C20H15ClN2O. The van der Waals surface area contributed by atoms with Gasteiger partial charge in [0, 0.05) is 33.0 Å². The topological polar surface area (TPSA) is 66.9 Å². The Kier molecular flexibility index (Phi) is 4.45. The standard InChI is InChI=1S/C20H15ClN2O/c21-17-9-5-4-8-15(17)19(23)16-12-14(10-11-18(16)22)20(24)13-6-2-1-3-7-13/h1-12,23H,22H2. The van der Waals surface area contributed by atoms with Gasteiger partial charge in [-0.1, -0.05) is 60.1 Å². The zero-order chi connectivity index (χ0) is 17.1. The smallest absolute Gasteiger partial charge is 0.193 e. The van der Waals surface area contributed by atoms with Crippen LogP contribution in [0.4, 0.5) is 5.69 Å². The first-order chi connectivity index (χ1) is 11.6. The predicted molar refractivity (Wildman–Crippen MR) is 98.1 cm³/mol. The van der Waals surface area contributed by atoms with Crippen LogP contribution in [-0.2, 0) is 0 Å². The van der Waals surface area contributed by atoms with Gasteiger partial charge in [0.15, 0.2) is 5.78 Å². The summed E-state index contributed by atoms with van der Waals surface area (Å²) < 4.78 is 0. The van der Waals surface area contributed by atoms with E-state index in [0.717, 1.165) is 0 Å². The molecule has 24 heavy (non-hydrogen) atoms. The molecule has 0 spiro atoms. The van der Waals surface area contributed by atoms with E-state index in [-0.39, 0.29) is 11.5 Å². The summed E-state index contributed by atoms with van der Waals surface area (Å²) in [4.78, 5) is 12.6. The maximum atomic E-state index is 12.6. The Morgan fingerprint density at radius 3 is 2.21 bits per heavy atom. The molecule has 0 unspecified atom stereocenters. The van der Waals surface area contributed by atoms with Crippen LogP contribution in [-0.4, -0.2) is 11.5 Å². The number of rotatable bonds is 4. The van der Waals surface area contributed by atoms with Crippen molar-refractivity contribution in [1.29, 1.82) is 5.41 Å². The van der Waals surface area contributed by atoms with Crippen LogP contribution in [0.5, 0.6) is 0 Å². The molecule has 118 valence electrons. The highest BCUT2D eigenvalue weighted by Crippen LogP contribution is 2.24. The Labute approximate surface area is 145 Å². The second-order valence-electron chi connectivity index (χ2n) is 5.35. The number of carbonyl (C=O) groups excluding carboxylic acids is 1. The van der Waals surface area contributed by atoms with Crippen molar-refractivity contribution < 1.29 is 4.79 Å². The van der Waals surface area contributed by atoms with E-state index in [2.05, 4.69) is 0 Å². The lowest BCUT2D eigenvalue weighted by atomic mass is 9.95. The van der Waals surface area contributed by atoms with Crippen molar-refractivity contribution in [3.05, 3.63) is 100 Å². The minimum absolute atomic E-state index is 0.108. The number of halogens is 1. The van der Waals surface area contributed by atoms with Crippen molar-refractivity contribution in [2.45, 2.75) is 0 Å². The summed E-state index contributed by atoms with van der Waals surface area (Å²) in [7, 11) is 0. The molecule has 0 amide bonds. The summed E-state index contributed by atoms with van der Waals surface area (Å²) >= 11 is 6.17. The van der Waals surface area contributed by atoms with Crippen molar-refractivity contribution in [2.24, 2.45) is 0 Å². The minimum atomic E-state index is -0.108. The number of nitrogens with two attached hydrogens (primary N) is 1. The number of benzene rings is 3. The molecule has 0 saturated heterocycles. The largest absolute Gasteiger partial charge is 0.398 e. The Morgan fingerprint density at radius 2 is 1.50 bits per heavy atom. The summed E-state index contributed by atoms with van der Waals surface area (Å²) in [5.41, 5.74) is 8.80. The van der Waals surface area contributed by atoms with Crippen LogP contribution in [0.2, 0.25) is 5.02 Å². The highest BCUT2D eigenvalue weighted by atomic mass is 35.5. The van der Waals surface area contributed by atoms with Crippen LogP contribution in [0.3, 0.4) is 0 Å². The van der Waals surface area contributed by atoms with Crippen LogP contribution in [0.1, 0.15) is 27.0 Å². The van der Waals surface area contributed by atoms with E-state index in [4.69, 9.17) is 22.7 Å². The molecule has 3 rings (SSSR count). The first kappa shape index (κ1) is 16.0. The number of hydrogen-bond acceptors (Lipinski definition) is 3. The third-order valence-electron chi connectivity index (χ3n) is 3.76. The molecule has 0 aromatic heterocycles. The van der Waals surface area contributed by atoms with Crippen LogP contribution >= 0.6 is 11.6 Å². The average molecular weight is 335 g/mol. The van der Waals surface area contributed by atoms with Gasteiger partial charge in [0.05, 0.1) is 5.71 Å². The second-order valence-corrected chi connectivity index (χ2v) is 5.76. The van der Waals surface area contributed by atoms with Crippen LogP contribution in [0.15, 0.2) is 72.8 Å².